The molecule has 2 heteroatoms. The van der Waals surface area contributed by atoms with Gasteiger partial charge in [0.25, 0.3) is 0 Å². The first-order valence-electron chi connectivity index (χ1n) is 4.09. The molecule has 0 saturated carbocycles. The average molecular weight is 252 g/mol. The van der Waals surface area contributed by atoms with E-state index in [2.05, 4.69) is 35.5 Å². The van der Waals surface area contributed by atoms with Gasteiger partial charge in [-0.1, -0.05) is 39.7 Å². The minimum absolute atomic E-state index is 0.128. The predicted octanol–water partition coefficient (Wildman–Crippen LogP) is 4.29. The lowest BCUT2D eigenvalue weighted by atomic mass is 10.1. The Morgan fingerprint density at radius 3 is 2.58 bits per heavy atom. The van der Waals surface area contributed by atoms with Gasteiger partial charge in [-0.15, -0.1) is 11.6 Å². The Labute approximate surface area is 88.8 Å². The molecule has 0 heterocycles. The number of allylic oxidation sites excluding steroid dienone is 3. The summed E-state index contributed by atoms with van der Waals surface area (Å²) in [6.45, 7) is 7.92. The Morgan fingerprint density at radius 1 is 1.58 bits per heavy atom. The van der Waals surface area contributed by atoms with Crippen molar-refractivity contribution >= 4 is 27.5 Å². The van der Waals surface area contributed by atoms with Gasteiger partial charge in [0.1, 0.15) is 0 Å². The van der Waals surface area contributed by atoms with E-state index in [1.807, 2.05) is 6.92 Å². The van der Waals surface area contributed by atoms with Crippen LogP contribution in [0.4, 0.5) is 0 Å². The summed E-state index contributed by atoms with van der Waals surface area (Å²) in [6, 6.07) is 0. The molecular formula is C10H16BrCl. The van der Waals surface area contributed by atoms with Crippen molar-refractivity contribution in [2.24, 2.45) is 0 Å². The van der Waals surface area contributed by atoms with Crippen LogP contribution in [0.5, 0.6) is 0 Å². The Hall–Kier alpha value is 0.250. The summed E-state index contributed by atoms with van der Waals surface area (Å²) >= 11 is 9.38. The second kappa shape index (κ2) is 6.73. The molecule has 12 heavy (non-hydrogen) atoms. The van der Waals surface area contributed by atoms with E-state index in [1.54, 1.807) is 0 Å². The highest BCUT2D eigenvalue weighted by Crippen LogP contribution is 2.16. The Morgan fingerprint density at radius 2 is 2.17 bits per heavy atom. The maximum absolute atomic E-state index is 6.02. The lowest BCUT2D eigenvalue weighted by Gasteiger charge is -2.08. The van der Waals surface area contributed by atoms with Crippen molar-refractivity contribution in [3.05, 3.63) is 23.8 Å². The molecule has 0 aliphatic heterocycles. The molecule has 0 aromatic rings. The average Bonchev–Trinajstić information content (AvgIpc) is 2.00. The quantitative estimate of drug-likeness (QED) is 0.505. The van der Waals surface area contributed by atoms with Crippen LogP contribution in [-0.2, 0) is 0 Å². The zero-order valence-corrected chi connectivity index (χ0v) is 10.1. The SMILES string of the molecule is C=C(C)C(Cl)CC/C(C)=C/CBr. The second-order valence-electron chi connectivity index (χ2n) is 3.06. The molecule has 0 bridgehead atoms. The highest BCUT2D eigenvalue weighted by molar-refractivity contribution is 9.09. The Kier molecular flexibility index (Phi) is 6.87. The fourth-order valence-electron chi connectivity index (χ4n) is 0.835. The van der Waals surface area contributed by atoms with Gasteiger partial charge in [0.05, 0.1) is 5.38 Å². The van der Waals surface area contributed by atoms with E-state index in [-0.39, 0.29) is 5.38 Å². The second-order valence-corrected chi connectivity index (χ2v) is 4.23. The zero-order valence-electron chi connectivity index (χ0n) is 7.74. The van der Waals surface area contributed by atoms with Crippen LogP contribution in [0, 0.1) is 0 Å². The van der Waals surface area contributed by atoms with E-state index < -0.39 is 0 Å². The first kappa shape index (κ1) is 12.2. The molecule has 0 aromatic heterocycles. The highest BCUT2D eigenvalue weighted by atomic mass is 79.9. The smallest absolute Gasteiger partial charge is 0.0543 e. The normalized spacial score (nSPS) is 14.5. The molecule has 1 atom stereocenters. The number of hydrogen-bond donors (Lipinski definition) is 0. The van der Waals surface area contributed by atoms with Crippen molar-refractivity contribution < 1.29 is 0 Å². The van der Waals surface area contributed by atoms with Gasteiger partial charge in [-0.05, 0) is 26.7 Å². The van der Waals surface area contributed by atoms with Crippen molar-refractivity contribution in [2.75, 3.05) is 5.33 Å². The van der Waals surface area contributed by atoms with E-state index in [1.165, 1.54) is 5.57 Å². The van der Waals surface area contributed by atoms with E-state index in [4.69, 9.17) is 11.6 Å². The Bertz CT molecular complexity index is 173. The molecule has 0 amide bonds. The van der Waals surface area contributed by atoms with Crippen molar-refractivity contribution in [3.63, 3.8) is 0 Å². The topological polar surface area (TPSA) is 0 Å². The monoisotopic (exact) mass is 250 g/mol. The first-order valence-corrected chi connectivity index (χ1v) is 5.64. The van der Waals surface area contributed by atoms with Gasteiger partial charge in [0.2, 0.25) is 0 Å². The number of alkyl halides is 2. The molecule has 1 unspecified atom stereocenters. The molecule has 0 spiro atoms. The molecule has 0 rings (SSSR count). The largest absolute Gasteiger partial charge is 0.118 e. The van der Waals surface area contributed by atoms with Crippen molar-refractivity contribution in [3.8, 4) is 0 Å². The third kappa shape index (κ3) is 5.84. The maximum atomic E-state index is 6.02. The summed E-state index contributed by atoms with van der Waals surface area (Å²) in [6.07, 6.45) is 4.22. The minimum Gasteiger partial charge on any atom is -0.118 e. The van der Waals surface area contributed by atoms with Crippen LogP contribution in [0.2, 0.25) is 0 Å². The van der Waals surface area contributed by atoms with Gasteiger partial charge in [-0.2, -0.15) is 0 Å². The number of rotatable bonds is 5. The van der Waals surface area contributed by atoms with Crippen LogP contribution in [0.15, 0.2) is 23.8 Å². The fraction of sp³-hybridized carbons (Fsp3) is 0.600. The van der Waals surface area contributed by atoms with Gasteiger partial charge in [0, 0.05) is 5.33 Å². The van der Waals surface area contributed by atoms with Crippen LogP contribution >= 0.6 is 27.5 Å². The van der Waals surface area contributed by atoms with Gasteiger partial charge >= 0.3 is 0 Å². The molecule has 0 nitrogen and oxygen atoms in total. The lowest BCUT2D eigenvalue weighted by molar-refractivity contribution is 0.811. The third-order valence-corrected chi connectivity index (χ3v) is 2.67. The summed E-state index contributed by atoms with van der Waals surface area (Å²) in [7, 11) is 0. The number of halogens is 2. The number of hydrogen-bond acceptors (Lipinski definition) is 0. The summed E-state index contributed by atoms with van der Waals surface area (Å²) in [5.74, 6) is 0. The van der Waals surface area contributed by atoms with Gasteiger partial charge in [-0.3, -0.25) is 0 Å². The molecule has 0 aliphatic carbocycles. The van der Waals surface area contributed by atoms with E-state index in [0.29, 0.717) is 0 Å². The van der Waals surface area contributed by atoms with E-state index >= 15 is 0 Å². The maximum Gasteiger partial charge on any atom is 0.0543 e. The molecule has 0 aromatic carbocycles. The predicted molar refractivity (Wildman–Crippen MR) is 61.2 cm³/mol. The molecule has 0 aliphatic rings. The van der Waals surface area contributed by atoms with Crippen LogP contribution in [0.25, 0.3) is 0 Å². The standard InChI is InChI=1S/C10H16BrCl/c1-8(2)10(12)5-4-9(3)6-7-11/h6,10H,1,4-5,7H2,2-3H3/b9-6+. The van der Waals surface area contributed by atoms with E-state index in [0.717, 1.165) is 23.7 Å². The lowest BCUT2D eigenvalue weighted by Crippen LogP contribution is -1.99. The van der Waals surface area contributed by atoms with Crippen LogP contribution in [0.3, 0.4) is 0 Å². The molecular weight excluding hydrogens is 235 g/mol. The van der Waals surface area contributed by atoms with Crippen molar-refractivity contribution in [1.29, 1.82) is 0 Å². The van der Waals surface area contributed by atoms with Crippen LogP contribution in [0.1, 0.15) is 26.7 Å². The summed E-state index contributed by atoms with van der Waals surface area (Å²) in [4.78, 5) is 0. The summed E-state index contributed by atoms with van der Waals surface area (Å²) in [5, 5.41) is 1.06. The molecule has 0 saturated heterocycles. The summed E-state index contributed by atoms with van der Waals surface area (Å²) in [5.41, 5.74) is 2.45. The fourth-order valence-corrected chi connectivity index (χ4v) is 1.50. The zero-order chi connectivity index (χ0) is 9.56. The van der Waals surface area contributed by atoms with Crippen molar-refractivity contribution in [2.45, 2.75) is 32.1 Å². The molecule has 0 N–H and O–H groups in total. The van der Waals surface area contributed by atoms with Crippen molar-refractivity contribution in [1.82, 2.24) is 0 Å². The molecule has 0 fully saturated rings. The van der Waals surface area contributed by atoms with Gasteiger partial charge in [0.15, 0.2) is 0 Å². The van der Waals surface area contributed by atoms with Gasteiger partial charge < -0.3 is 0 Å². The highest BCUT2D eigenvalue weighted by Gasteiger charge is 2.04. The third-order valence-electron chi connectivity index (χ3n) is 1.75. The minimum atomic E-state index is 0.128. The molecule has 0 radical (unpaired) electrons. The van der Waals surface area contributed by atoms with Crippen LogP contribution < -0.4 is 0 Å². The summed E-state index contributed by atoms with van der Waals surface area (Å²) < 4.78 is 0. The van der Waals surface area contributed by atoms with Gasteiger partial charge in [-0.25, -0.2) is 0 Å². The Balaban J connectivity index is 3.68. The molecule has 70 valence electrons. The first-order chi connectivity index (χ1) is 5.57. The van der Waals surface area contributed by atoms with E-state index in [9.17, 15) is 0 Å². The van der Waals surface area contributed by atoms with Crippen LogP contribution in [-0.4, -0.2) is 10.7 Å².